The van der Waals surface area contributed by atoms with Crippen LogP contribution in [0, 0.1) is 0 Å². The fraction of sp³-hybridized carbons (Fsp3) is 1.00. The summed E-state index contributed by atoms with van der Waals surface area (Å²) in [4.78, 5) is 2.47. The molecule has 13 heavy (non-hydrogen) atoms. The summed E-state index contributed by atoms with van der Waals surface area (Å²) in [6.45, 7) is 8.70. The second-order valence-corrected chi connectivity index (χ2v) is 3.63. The summed E-state index contributed by atoms with van der Waals surface area (Å²) >= 11 is 0. The Labute approximate surface area is 81.9 Å². The van der Waals surface area contributed by atoms with Crippen LogP contribution in [0.5, 0.6) is 0 Å². The van der Waals surface area contributed by atoms with Gasteiger partial charge in [0.05, 0.1) is 5.66 Å². The molecule has 3 heteroatoms. The van der Waals surface area contributed by atoms with E-state index in [9.17, 15) is 0 Å². The predicted octanol–water partition coefficient (Wildman–Crippen LogP) is 0.627. The monoisotopic (exact) mass is 185 g/mol. The fourth-order valence-corrected chi connectivity index (χ4v) is 2.20. The lowest BCUT2D eigenvalue weighted by Crippen LogP contribution is -2.56. The van der Waals surface area contributed by atoms with Gasteiger partial charge in [0.2, 0.25) is 0 Å². The highest BCUT2D eigenvalue weighted by Gasteiger charge is 2.38. The Kier molecular flexibility index (Phi) is 4.16. The van der Waals surface area contributed by atoms with Crippen molar-refractivity contribution in [3.8, 4) is 0 Å². The molecule has 0 amide bonds. The van der Waals surface area contributed by atoms with E-state index < -0.39 is 0 Å². The summed E-state index contributed by atoms with van der Waals surface area (Å²) in [5.41, 5.74) is 0.352. The molecule has 0 atom stereocenters. The van der Waals surface area contributed by atoms with Crippen molar-refractivity contribution in [2.45, 2.75) is 32.4 Å². The molecule has 0 bridgehead atoms. The molecule has 2 aliphatic heterocycles. The maximum Gasteiger partial charge on any atom is 0.0735 e. The van der Waals surface area contributed by atoms with Crippen molar-refractivity contribution in [2.75, 3.05) is 33.2 Å². The lowest BCUT2D eigenvalue weighted by atomic mass is 9.98. The molecule has 2 rings (SSSR count). The lowest BCUT2D eigenvalue weighted by molar-refractivity contribution is 0.108. The minimum Gasteiger partial charge on any atom is -0.316 e. The minimum atomic E-state index is 0.352. The first-order valence-electron chi connectivity index (χ1n) is 5.50. The van der Waals surface area contributed by atoms with Crippen LogP contribution in [0.3, 0.4) is 0 Å². The maximum absolute atomic E-state index is 3.61. The zero-order valence-corrected chi connectivity index (χ0v) is 9.19. The average Bonchev–Trinajstić information content (AvgIpc) is 2.53. The van der Waals surface area contributed by atoms with Crippen LogP contribution in [0.1, 0.15) is 26.7 Å². The Balaban J connectivity index is 0.000000396. The third-order valence-corrected chi connectivity index (χ3v) is 3.06. The summed E-state index contributed by atoms with van der Waals surface area (Å²) in [5, 5.41) is 7.00. The SMILES string of the molecule is CC.CN1CCNC12CCNCC2. The van der Waals surface area contributed by atoms with Gasteiger partial charge in [-0.2, -0.15) is 0 Å². The van der Waals surface area contributed by atoms with Gasteiger partial charge in [0.15, 0.2) is 0 Å². The van der Waals surface area contributed by atoms with E-state index in [4.69, 9.17) is 0 Å². The van der Waals surface area contributed by atoms with Crippen molar-refractivity contribution in [2.24, 2.45) is 0 Å². The molecule has 2 saturated heterocycles. The predicted molar refractivity (Wildman–Crippen MR) is 56.8 cm³/mol. The Morgan fingerprint density at radius 3 is 2.15 bits per heavy atom. The van der Waals surface area contributed by atoms with E-state index in [-0.39, 0.29) is 0 Å². The smallest absolute Gasteiger partial charge is 0.0735 e. The first-order chi connectivity index (χ1) is 6.33. The summed E-state index contributed by atoms with van der Waals surface area (Å²) in [7, 11) is 2.23. The number of piperidine rings is 1. The molecule has 78 valence electrons. The molecule has 2 heterocycles. The van der Waals surface area contributed by atoms with Crippen LogP contribution in [0.2, 0.25) is 0 Å². The zero-order valence-electron chi connectivity index (χ0n) is 9.19. The number of hydrogen-bond acceptors (Lipinski definition) is 3. The van der Waals surface area contributed by atoms with Crippen molar-refractivity contribution in [3.63, 3.8) is 0 Å². The van der Waals surface area contributed by atoms with Gasteiger partial charge >= 0.3 is 0 Å². The molecule has 1 spiro atoms. The van der Waals surface area contributed by atoms with Gasteiger partial charge in [-0.25, -0.2) is 0 Å². The van der Waals surface area contributed by atoms with Crippen LogP contribution in [0.4, 0.5) is 0 Å². The first kappa shape index (κ1) is 11.0. The molecule has 2 N–H and O–H groups in total. The van der Waals surface area contributed by atoms with E-state index in [1.54, 1.807) is 0 Å². The second kappa shape index (κ2) is 4.94. The van der Waals surface area contributed by atoms with E-state index in [0.717, 1.165) is 19.6 Å². The molecule has 0 aromatic carbocycles. The van der Waals surface area contributed by atoms with Crippen LogP contribution in [0.15, 0.2) is 0 Å². The molecule has 0 radical (unpaired) electrons. The van der Waals surface area contributed by atoms with E-state index in [2.05, 4.69) is 22.6 Å². The highest BCUT2D eigenvalue weighted by atomic mass is 15.4. The van der Waals surface area contributed by atoms with Crippen LogP contribution >= 0.6 is 0 Å². The summed E-state index contributed by atoms with van der Waals surface area (Å²) in [6.07, 6.45) is 2.51. The van der Waals surface area contributed by atoms with Gasteiger partial charge in [-0.1, -0.05) is 13.8 Å². The minimum absolute atomic E-state index is 0.352. The average molecular weight is 185 g/mol. The number of nitrogens with one attached hydrogen (secondary N) is 2. The molecular formula is C10H23N3. The third kappa shape index (κ3) is 2.22. The van der Waals surface area contributed by atoms with E-state index in [1.165, 1.54) is 19.4 Å². The molecule has 0 unspecified atom stereocenters. The van der Waals surface area contributed by atoms with Gasteiger partial charge < -0.3 is 5.32 Å². The molecule has 0 aromatic heterocycles. The summed E-state index contributed by atoms with van der Waals surface area (Å²) < 4.78 is 0. The molecule has 2 fully saturated rings. The van der Waals surface area contributed by atoms with Gasteiger partial charge in [-0.15, -0.1) is 0 Å². The number of rotatable bonds is 0. The van der Waals surface area contributed by atoms with Gasteiger partial charge in [-0.05, 0) is 33.0 Å². The number of nitrogens with zero attached hydrogens (tertiary/aromatic N) is 1. The molecule has 0 saturated carbocycles. The number of likely N-dealkylation sites (N-methyl/N-ethyl adjacent to an activating group) is 1. The number of hydrogen-bond donors (Lipinski definition) is 2. The quantitative estimate of drug-likeness (QED) is 0.579. The lowest BCUT2D eigenvalue weighted by Gasteiger charge is -2.39. The fourth-order valence-electron chi connectivity index (χ4n) is 2.20. The summed E-state index contributed by atoms with van der Waals surface area (Å²) in [5.74, 6) is 0. The van der Waals surface area contributed by atoms with Gasteiger partial charge in [-0.3, -0.25) is 10.2 Å². The van der Waals surface area contributed by atoms with Gasteiger partial charge in [0.1, 0.15) is 0 Å². The van der Waals surface area contributed by atoms with Crippen molar-refractivity contribution < 1.29 is 0 Å². The van der Waals surface area contributed by atoms with Gasteiger partial charge in [0.25, 0.3) is 0 Å². The van der Waals surface area contributed by atoms with E-state index in [1.807, 2.05) is 13.8 Å². The Bertz CT molecular complexity index is 141. The van der Waals surface area contributed by atoms with E-state index >= 15 is 0 Å². The normalized spacial score (nSPS) is 27.0. The zero-order chi connectivity index (χ0) is 9.73. The largest absolute Gasteiger partial charge is 0.316 e. The van der Waals surface area contributed by atoms with Crippen molar-refractivity contribution in [3.05, 3.63) is 0 Å². The van der Waals surface area contributed by atoms with Crippen LogP contribution in [-0.4, -0.2) is 43.8 Å². The standard InChI is InChI=1S/C8H17N3.C2H6/c1-11-7-6-10-8(11)2-4-9-5-3-8;1-2/h9-10H,2-7H2,1H3;1-2H3. The van der Waals surface area contributed by atoms with Crippen molar-refractivity contribution in [1.29, 1.82) is 0 Å². The van der Waals surface area contributed by atoms with Crippen LogP contribution in [0.25, 0.3) is 0 Å². The van der Waals surface area contributed by atoms with Gasteiger partial charge in [0, 0.05) is 13.1 Å². The summed E-state index contributed by atoms with van der Waals surface area (Å²) in [6, 6.07) is 0. The molecule has 2 aliphatic rings. The third-order valence-electron chi connectivity index (χ3n) is 3.06. The molecule has 3 nitrogen and oxygen atoms in total. The Morgan fingerprint density at radius 1 is 1.08 bits per heavy atom. The van der Waals surface area contributed by atoms with Crippen LogP contribution < -0.4 is 10.6 Å². The molecule has 0 aromatic rings. The first-order valence-corrected chi connectivity index (χ1v) is 5.50. The Morgan fingerprint density at radius 2 is 1.69 bits per heavy atom. The molecule has 0 aliphatic carbocycles. The van der Waals surface area contributed by atoms with E-state index in [0.29, 0.717) is 5.66 Å². The second-order valence-electron chi connectivity index (χ2n) is 3.63. The topological polar surface area (TPSA) is 27.3 Å². The highest BCUT2D eigenvalue weighted by molar-refractivity contribution is 4.95. The highest BCUT2D eigenvalue weighted by Crippen LogP contribution is 2.24. The van der Waals surface area contributed by atoms with Crippen molar-refractivity contribution >= 4 is 0 Å². The molecular weight excluding hydrogens is 162 g/mol. The van der Waals surface area contributed by atoms with Crippen molar-refractivity contribution in [1.82, 2.24) is 15.5 Å². The Hall–Kier alpha value is -0.120. The maximum atomic E-state index is 3.61. The van der Waals surface area contributed by atoms with Crippen LogP contribution in [-0.2, 0) is 0 Å².